The number of aliphatic hydroxyl groups excluding tert-OH is 1. The van der Waals surface area contributed by atoms with E-state index in [1.807, 2.05) is 0 Å². The van der Waals surface area contributed by atoms with E-state index in [9.17, 15) is 14.4 Å². The molecule has 0 aliphatic rings. The monoisotopic (exact) mass is 204 g/mol. The van der Waals surface area contributed by atoms with Crippen molar-refractivity contribution in [3.05, 3.63) is 0 Å². The van der Waals surface area contributed by atoms with E-state index in [1.165, 1.54) is 0 Å². The number of aliphatic carboxylic acids is 2. The lowest BCUT2D eigenvalue weighted by molar-refractivity contribution is -0.146. The minimum atomic E-state index is -1.27. The van der Waals surface area contributed by atoms with Gasteiger partial charge in [-0.25, -0.2) is 0 Å². The van der Waals surface area contributed by atoms with Crippen molar-refractivity contribution in [3.63, 3.8) is 0 Å². The molecule has 80 valence electrons. The molecule has 0 spiro atoms. The number of hydrogen-bond donors (Lipinski definition) is 3. The average molecular weight is 204 g/mol. The maximum Gasteiger partial charge on any atom is 0.310 e. The molecule has 6 heteroatoms. The Labute approximate surface area is 80.2 Å². The van der Waals surface area contributed by atoms with Crippen molar-refractivity contribution in [2.45, 2.75) is 19.3 Å². The number of ketones is 1. The zero-order chi connectivity index (χ0) is 11.1. The van der Waals surface area contributed by atoms with Crippen molar-refractivity contribution in [3.8, 4) is 0 Å². The van der Waals surface area contributed by atoms with Crippen LogP contribution in [-0.2, 0) is 14.4 Å². The summed E-state index contributed by atoms with van der Waals surface area (Å²) < 4.78 is 0. The number of carboxylic acids is 2. The highest BCUT2D eigenvalue weighted by molar-refractivity contribution is 5.96. The molecule has 0 aromatic rings. The van der Waals surface area contributed by atoms with Crippen LogP contribution in [0.2, 0.25) is 0 Å². The topological polar surface area (TPSA) is 112 Å². The van der Waals surface area contributed by atoms with Gasteiger partial charge < -0.3 is 15.3 Å². The molecular weight excluding hydrogens is 192 g/mol. The van der Waals surface area contributed by atoms with E-state index in [-0.39, 0.29) is 19.4 Å². The summed E-state index contributed by atoms with van der Waals surface area (Å²) >= 11 is 0. The SMILES string of the molecule is O=C(O)CC(=O)CC(CCO)C(=O)O. The Kier molecular flexibility index (Phi) is 5.47. The van der Waals surface area contributed by atoms with Crippen LogP contribution in [0.5, 0.6) is 0 Å². The van der Waals surface area contributed by atoms with Crippen molar-refractivity contribution in [1.82, 2.24) is 0 Å². The molecule has 0 heterocycles. The zero-order valence-electron chi connectivity index (χ0n) is 7.47. The molecule has 1 unspecified atom stereocenters. The van der Waals surface area contributed by atoms with Crippen LogP contribution in [0.1, 0.15) is 19.3 Å². The third-order valence-electron chi connectivity index (χ3n) is 1.65. The molecule has 0 aromatic carbocycles. The molecule has 0 fully saturated rings. The summed E-state index contributed by atoms with van der Waals surface area (Å²) in [7, 11) is 0. The molecule has 0 aliphatic heterocycles. The van der Waals surface area contributed by atoms with Crippen LogP contribution in [0.3, 0.4) is 0 Å². The maximum atomic E-state index is 10.9. The number of carbonyl (C=O) groups is 3. The smallest absolute Gasteiger partial charge is 0.310 e. The van der Waals surface area contributed by atoms with Gasteiger partial charge >= 0.3 is 11.9 Å². The highest BCUT2D eigenvalue weighted by atomic mass is 16.4. The number of rotatable bonds is 7. The highest BCUT2D eigenvalue weighted by Gasteiger charge is 2.21. The second-order valence-electron chi connectivity index (χ2n) is 2.86. The van der Waals surface area contributed by atoms with Gasteiger partial charge in [-0.15, -0.1) is 0 Å². The fraction of sp³-hybridized carbons (Fsp3) is 0.625. The Morgan fingerprint density at radius 2 is 1.71 bits per heavy atom. The number of hydrogen-bond acceptors (Lipinski definition) is 4. The standard InChI is InChI=1S/C8H12O6/c9-2-1-5(8(13)14)3-6(10)4-7(11)12/h5,9H,1-4H2,(H,11,12)(H,13,14). The van der Waals surface area contributed by atoms with E-state index >= 15 is 0 Å². The normalized spacial score (nSPS) is 12.1. The molecule has 0 aromatic heterocycles. The van der Waals surface area contributed by atoms with Gasteiger partial charge in [-0.3, -0.25) is 14.4 Å². The van der Waals surface area contributed by atoms with Crippen LogP contribution in [-0.4, -0.2) is 39.6 Å². The fourth-order valence-electron chi connectivity index (χ4n) is 0.984. The van der Waals surface area contributed by atoms with Crippen LogP contribution in [0.15, 0.2) is 0 Å². The van der Waals surface area contributed by atoms with Gasteiger partial charge in [-0.2, -0.15) is 0 Å². The van der Waals surface area contributed by atoms with Crippen LogP contribution in [0.25, 0.3) is 0 Å². The summed E-state index contributed by atoms with van der Waals surface area (Å²) in [6.07, 6.45) is -1.06. The summed E-state index contributed by atoms with van der Waals surface area (Å²) in [5.41, 5.74) is 0. The first-order valence-electron chi connectivity index (χ1n) is 4.04. The summed E-state index contributed by atoms with van der Waals surface area (Å²) in [6, 6.07) is 0. The van der Waals surface area contributed by atoms with Crippen molar-refractivity contribution < 1.29 is 29.7 Å². The van der Waals surface area contributed by atoms with Crippen molar-refractivity contribution in [1.29, 1.82) is 0 Å². The molecule has 3 N–H and O–H groups in total. The van der Waals surface area contributed by atoms with Crippen LogP contribution >= 0.6 is 0 Å². The minimum absolute atomic E-state index is 0.0410. The predicted octanol–water partition coefficient (Wildman–Crippen LogP) is -0.496. The number of aliphatic hydroxyl groups is 1. The van der Waals surface area contributed by atoms with Crippen molar-refractivity contribution in [2.75, 3.05) is 6.61 Å². The zero-order valence-corrected chi connectivity index (χ0v) is 7.47. The Hall–Kier alpha value is -1.43. The van der Waals surface area contributed by atoms with Gasteiger partial charge in [0.25, 0.3) is 0 Å². The van der Waals surface area contributed by atoms with E-state index in [4.69, 9.17) is 15.3 Å². The van der Waals surface area contributed by atoms with Gasteiger partial charge in [0.15, 0.2) is 0 Å². The number of carbonyl (C=O) groups excluding carboxylic acids is 1. The molecule has 0 radical (unpaired) electrons. The van der Waals surface area contributed by atoms with E-state index in [0.29, 0.717) is 0 Å². The summed E-state index contributed by atoms with van der Waals surface area (Å²) in [5, 5.41) is 25.3. The third-order valence-corrected chi connectivity index (χ3v) is 1.65. The van der Waals surface area contributed by atoms with Crippen LogP contribution in [0.4, 0.5) is 0 Å². The highest BCUT2D eigenvalue weighted by Crippen LogP contribution is 2.10. The summed E-state index contributed by atoms with van der Waals surface area (Å²) in [6.45, 7) is -0.336. The molecule has 0 bridgehead atoms. The van der Waals surface area contributed by atoms with Crippen LogP contribution < -0.4 is 0 Å². The van der Waals surface area contributed by atoms with E-state index < -0.39 is 30.1 Å². The maximum absolute atomic E-state index is 10.9. The first-order chi connectivity index (χ1) is 6.47. The molecule has 0 saturated heterocycles. The molecule has 14 heavy (non-hydrogen) atoms. The minimum Gasteiger partial charge on any atom is -0.481 e. The van der Waals surface area contributed by atoms with Crippen LogP contribution in [0, 0.1) is 5.92 Å². The largest absolute Gasteiger partial charge is 0.481 e. The Balaban J connectivity index is 4.09. The lowest BCUT2D eigenvalue weighted by Crippen LogP contribution is -2.20. The molecule has 1 atom stereocenters. The van der Waals surface area contributed by atoms with E-state index in [0.717, 1.165) is 0 Å². The van der Waals surface area contributed by atoms with Gasteiger partial charge in [-0.1, -0.05) is 0 Å². The van der Waals surface area contributed by atoms with E-state index in [1.54, 1.807) is 0 Å². The third kappa shape index (κ3) is 5.26. The predicted molar refractivity (Wildman–Crippen MR) is 44.7 cm³/mol. The fourth-order valence-corrected chi connectivity index (χ4v) is 0.984. The summed E-state index contributed by atoms with van der Waals surface area (Å²) in [5.74, 6) is -4.11. The molecule has 0 saturated carbocycles. The lowest BCUT2D eigenvalue weighted by atomic mass is 9.98. The quantitative estimate of drug-likeness (QED) is 0.482. The van der Waals surface area contributed by atoms with E-state index in [2.05, 4.69) is 0 Å². The molecule has 6 nitrogen and oxygen atoms in total. The first kappa shape index (κ1) is 12.6. The van der Waals surface area contributed by atoms with Gasteiger partial charge in [0.2, 0.25) is 0 Å². The lowest BCUT2D eigenvalue weighted by Gasteiger charge is -2.08. The van der Waals surface area contributed by atoms with Gasteiger partial charge in [-0.05, 0) is 6.42 Å². The average Bonchev–Trinajstić information content (AvgIpc) is 2.01. The van der Waals surface area contributed by atoms with Gasteiger partial charge in [0, 0.05) is 13.0 Å². The number of carboxylic acid groups (broad SMARTS) is 2. The summed E-state index contributed by atoms with van der Waals surface area (Å²) in [4.78, 5) is 31.5. The Morgan fingerprint density at radius 1 is 1.14 bits per heavy atom. The number of Topliss-reactive ketones (excluding diaryl/α,β-unsaturated/α-hetero) is 1. The Bertz CT molecular complexity index is 234. The molecule has 0 rings (SSSR count). The van der Waals surface area contributed by atoms with Gasteiger partial charge in [0.1, 0.15) is 12.2 Å². The van der Waals surface area contributed by atoms with Crippen molar-refractivity contribution >= 4 is 17.7 Å². The molecule has 0 amide bonds. The second-order valence-corrected chi connectivity index (χ2v) is 2.86. The second kappa shape index (κ2) is 6.09. The molecular formula is C8H12O6. The first-order valence-corrected chi connectivity index (χ1v) is 4.04. The van der Waals surface area contributed by atoms with Crippen molar-refractivity contribution in [2.24, 2.45) is 5.92 Å². The Morgan fingerprint density at radius 3 is 2.07 bits per heavy atom. The molecule has 0 aliphatic carbocycles. The van der Waals surface area contributed by atoms with Gasteiger partial charge in [0.05, 0.1) is 5.92 Å².